The average Bonchev–Trinajstić information content (AvgIpc) is 3.46. The summed E-state index contributed by atoms with van der Waals surface area (Å²) in [5, 5.41) is 5.75. The van der Waals surface area contributed by atoms with E-state index in [-0.39, 0.29) is 17.6 Å². The fourth-order valence-electron chi connectivity index (χ4n) is 4.06. The number of pyridine rings is 1. The Hall–Kier alpha value is -3.57. The lowest BCUT2D eigenvalue weighted by atomic mass is 10.2. The highest BCUT2D eigenvalue weighted by atomic mass is 35.5. The lowest BCUT2D eigenvalue weighted by molar-refractivity contribution is 0.647. The predicted molar refractivity (Wildman–Crippen MR) is 136 cm³/mol. The number of hydrogen-bond acceptors (Lipinski definition) is 7. The van der Waals surface area contributed by atoms with Crippen LogP contribution < -0.4 is 10.5 Å². The molecule has 1 atom stereocenters. The Kier molecular flexibility index (Phi) is 6.35. The predicted octanol–water partition coefficient (Wildman–Crippen LogP) is 3.35. The number of unbranched alkanes of at least 4 members (excludes halogenated alkanes) is 1. The number of rotatable bonds is 8. The van der Waals surface area contributed by atoms with E-state index in [0.717, 1.165) is 12.8 Å². The molecule has 0 amide bonds. The molecule has 0 saturated carbocycles. The second kappa shape index (κ2) is 9.59. The van der Waals surface area contributed by atoms with E-state index in [4.69, 9.17) is 16.7 Å². The van der Waals surface area contributed by atoms with Gasteiger partial charge in [-0.25, -0.2) is 24.0 Å². The van der Waals surface area contributed by atoms with Gasteiger partial charge in [-0.05, 0) is 24.6 Å². The number of anilines is 1. The fourth-order valence-corrected chi connectivity index (χ4v) is 4.99. The molecule has 5 rings (SSSR count). The van der Waals surface area contributed by atoms with Gasteiger partial charge in [-0.2, -0.15) is 5.10 Å². The summed E-state index contributed by atoms with van der Waals surface area (Å²) in [5.74, 6) is 1.54. The molecule has 0 aliphatic carbocycles. The van der Waals surface area contributed by atoms with Crippen LogP contribution in [0.25, 0.3) is 22.4 Å². The van der Waals surface area contributed by atoms with E-state index < -0.39 is 10.8 Å². The Morgan fingerprint density at radius 2 is 2.06 bits per heavy atom. The van der Waals surface area contributed by atoms with E-state index in [9.17, 15) is 9.00 Å². The highest BCUT2D eigenvalue weighted by Crippen LogP contribution is 2.29. The molecule has 0 unspecified atom stereocenters. The zero-order valence-electron chi connectivity index (χ0n) is 19.2. The summed E-state index contributed by atoms with van der Waals surface area (Å²) in [7, 11) is -1.24. The smallest absolute Gasteiger partial charge is 0.285 e. The van der Waals surface area contributed by atoms with E-state index in [1.165, 1.54) is 15.4 Å². The van der Waals surface area contributed by atoms with Gasteiger partial charge in [-0.1, -0.05) is 31.0 Å². The summed E-state index contributed by atoms with van der Waals surface area (Å²) in [4.78, 5) is 32.6. The SMILES string of the molecule is CCCCN(Cc1nn2ccc(Cl)c2c(=O)n1-c1ccccn1)c1ncnc2[nH]cc([S@](C)=O)c12. The Balaban J connectivity index is 1.71. The first-order valence-electron chi connectivity index (χ1n) is 11.1. The number of hydrogen-bond donors (Lipinski definition) is 1. The van der Waals surface area contributed by atoms with Crippen LogP contribution in [0.5, 0.6) is 0 Å². The van der Waals surface area contributed by atoms with Crippen molar-refractivity contribution in [1.82, 2.24) is 34.1 Å². The molecule has 0 spiro atoms. The maximum absolute atomic E-state index is 13.6. The second-order valence-corrected chi connectivity index (χ2v) is 9.76. The van der Waals surface area contributed by atoms with Crippen molar-refractivity contribution in [3.63, 3.8) is 0 Å². The van der Waals surface area contributed by atoms with Crippen LogP contribution in [-0.2, 0) is 17.3 Å². The molecular weight excluding hydrogens is 488 g/mol. The molecule has 12 heteroatoms. The van der Waals surface area contributed by atoms with Crippen molar-refractivity contribution in [2.24, 2.45) is 0 Å². The molecule has 0 aliphatic rings. The van der Waals surface area contributed by atoms with Crippen LogP contribution in [-0.4, -0.2) is 51.1 Å². The van der Waals surface area contributed by atoms with Crippen LogP contribution in [0.3, 0.4) is 0 Å². The molecular formula is C23H23ClN8O2S. The molecule has 5 aromatic heterocycles. The Morgan fingerprint density at radius 3 is 2.80 bits per heavy atom. The molecule has 10 nitrogen and oxygen atoms in total. The van der Waals surface area contributed by atoms with Gasteiger partial charge in [-0.3, -0.25) is 9.00 Å². The van der Waals surface area contributed by atoms with Crippen LogP contribution in [0.15, 0.2) is 58.9 Å². The maximum Gasteiger partial charge on any atom is 0.285 e. The number of H-pyrrole nitrogens is 1. The van der Waals surface area contributed by atoms with Crippen molar-refractivity contribution in [3.05, 3.63) is 70.4 Å². The van der Waals surface area contributed by atoms with E-state index in [2.05, 4.69) is 26.9 Å². The third-order valence-electron chi connectivity index (χ3n) is 5.72. The summed E-state index contributed by atoms with van der Waals surface area (Å²) in [6, 6.07) is 6.99. The summed E-state index contributed by atoms with van der Waals surface area (Å²) in [5.41, 5.74) is 0.563. The van der Waals surface area contributed by atoms with Crippen molar-refractivity contribution in [2.75, 3.05) is 17.7 Å². The molecule has 5 aromatic rings. The Labute approximate surface area is 208 Å². The molecule has 35 heavy (non-hydrogen) atoms. The van der Waals surface area contributed by atoms with Gasteiger partial charge in [0.25, 0.3) is 5.56 Å². The minimum atomic E-state index is -1.24. The molecule has 0 bridgehead atoms. The monoisotopic (exact) mass is 510 g/mol. The maximum atomic E-state index is 13.6. The van der Waals surface area contributed by atoms with Gasteiger partial charge in [0.05, 0.1) is 32.6 Å². The number of fused-ring (bicyclic) bond motifs is 2. The van der Waals surface area contributed by atoms with Crippen LogP contribution >= 0.6 is 11.6 Å². The molecule has 0 saturated heterocycles. The molecule has 0 aliphatic heterocycles. The molecule has 0 fully saturated rings. The number of aromatic amines is 1. The first-order valence-corrected chi connectivity index (χ1v) is 13.0. The molecule has 5 heterocycles. The van der Waals surface area contributed by atoms with Crippen molar-refractivity contribution in [2.45, 2.75) is 31.2 Å². The summed E-state index contributed by atoms with van der Waals surface area (Å²) >= 11 is 6.31. The van der Waals surface area contributed by atoms with Crippen molar-refractivity contribution < 1.29 is 4.21 Å². The van der Waals surface area contributed by atoms with Gasteiger partial charge in [0, 0.05) is 31.4 Å². The Morgan fingerprint density at radius 1 is 1.20 bits per heavy atom. The summed E-state index contributed by atoms with van der Waals surface area (Å²) in [6.45, 7) is 3.00. The van der Waals surface area contributed by atoms with E-state index in [1.807, 2.05) is 11.0 Å². The zero-order chi connectivity index (χ0) is 24.5. The summed E-state index contributed by atoms with van der Waals surface area (Å²) < 4.78 is 15.4. The van der Waals surface area contributed by atoms with E-state index in [0.29, 0.717) is 45.0 Å². The van der Waals surface area contributed by atoms with Crippen molar-refractivity contribution in [3.8, 4) is 5.82 Å². The van der Waals surface area contributed by atoms with Crippen LogP contribution in [0, 0.1) is 0 Å². The normalized spacial score (nSPS) is 12.4. The van der Waals surface area contributed by atoms with Gasteiger partial charge >= 0.3 is 0 Å². The van der Waals surface area contributed by atoms with Crippen LogP contribution in [0.2, 0.25) is 5.02 Å². The molecule has 0 radical (unpaired) electrons. The molecule has 0 aromatic carbocycles. The lowest BCUT2D eigenvalue weighted by Crippen LogP contribution is -2.33. The molecule has 180 valence electrons. The van der Waals surface area contributed by atoms with Gasteiger partial charge in [-0.15, -0.1) is 0 Å². The summed E-state index contributed by atoms with van der Waals surface area (Å²) in [6.07, 6.45) is 9.93. The van der Waals surface area contributed by atoms with Gasteiger partial charge in [0.15, 0.2) is 5.82 Å². The second-order valence-electron chi connectivity index (χ2n) is 8.00. The number of nitrogens with one attached hydrogen (secondary N) is 1. The van der Waals surface area contributed by atoms with Crippen LogP contribution in [0.4, 0.5) is 5.82 Å². The lowest BCUT2D eigenvalue weighted by Gasteiger charge is -2.25. The fraction of sp³-hybridized carbons (Fsp3) is 0.261. The topological polar surface area (TPSA) is 114 Å². The number of halogens is 1. The highest BCUT2D eigenvalue weighted by molar-refractivity contribution is 7.84. The van der Waals surface area contributed by atoms with Gasteiger partial charge in [0.1, 0.15) is 29.1 Å². The first-order chi connectivity index (χ1) is 17.0. The zero-order valence-corrected chi connectivity index (χ0v) is 20.8. The van der Waals surface area contributed by atoms with Crippen LogP contribution in [0.1, 0.15) is 25.6 Å². The standard InChI is InChI=1S/C23H23ClN8O2S/c1-3-4-10-30(22-19-16(35(2)34)12-26-21(19)27-14-28-22)13-18-29-31-11-8-15(24)20(31)23(33)32(18)17-7-5-6-9-25-17/h5-9,11-12,14H,3-4,10,13H2,1-2H3,(H,26,27,28)/t35-/m0/s1. The minimum absolute atomic E-state index is 0.255. The number of aromatic nitrogens is 7. The van der Waals surface area contributed by atoms with E-state index in [1.54, 1.807) is 43.0 Å². The quantitative estimate of drug-likeness (QED) is 0.340. The minimum Gasteiger partial charge on any atom is -0.348 e. The third-order valence-corrected chi connectivity index (χ3v) is 6.97. The molecule has 1 N–H and O–H groups in total. The van der Waals surface area contributed by atoms with Gasteiger partial charge < -0.3 is 9.88 Å². The Bertz CT molecular complexity index is 1590. The van der Waals surface area contributed by atoms with Crippen molar-refractivity contribution in [1.29, 1.82) is 0 Å². The number of nitrogens with zero attached hydrogens (tertiary/aromatic N) is 7. The largest absolute Gasteiger partial charge is 0.348 e. The van der Waals surface area contributed by atoms with E-state index >= 15 is 0 Å². The van der Waals surface area contributed by atoms with Gasteiger partial charge in [0.2, 0.25) is 0 Å². The van der Waals surface area contributed by atoms with Crippen molar-refractivity contribution >= 4 is 44.8 Å². The third kappa shape index (κ3) is 4.21. The highest BCUT2D eigenvalue weighted by Gasteiger charge is 2.23. The first kappa shape index (κ1) is 23.2. The average molecular weight is 511 g/mol.